The zero-order chi connectivity index (χ0) is 13.5. The third-order valence-electron chi connectivity index (χ3n) is 2.70. The van der Waals surface area contributed by atoms with Gasteiger partial charge >= 0.3 is 0 Å². The highest BCUT2D eigenvalue weighted by molar-refractivity contribution is 5.33. The molecule has 1 heterocycles. The molecule has 1 aromatic heterocycles. The Labute approximate surface area is 111 Å². The van der Waals surface area contributed by atoms with Gasteiger partial charge in [0.2, 0.25) is 0 Å². The van der Waals surface area contributed by atoms with Crippen LogP contribution in [0.1, 0.15) is 16.8 Å². The van der Waals surface area contributed by atoms with Crippen molar-refractivity contribution in [2.75, 3.05) is 6.54 Å². The fraction of sp³-hybridized carbons (Fsp3) is 0.200. The van der Waals surface area contributed by atoms with Crippen LogP contribution in [0, 0.1) is 17.1 Å². The highest BCUT2D eigenvalue weighted by Crippen LogP contribution is 2.08. The molecule has 4 heteroatoms. The first-order chi connectivity index (χ1) is 9.28. The minimum absolute atomic E-state index is 0.349. The molecule has 19 heavy (non-hydrogen) atoms. The van der Waals surface area contributed by atoms with E-state index in [2.05, 4.69) is 10.3 Å². The maximum absolute atomic E-state index is 13.2. The Bertz CT molecular complexity index is 576. The Balaban J connectivity index is 1.83. The summed E-state index contributed by atoms with van der Waals surface area (Å²) in [6.45, 7) is 1.30. The number of nitriles is 1. The summed E-state index contributed by atoms with van der Waals surface area (Å²) in [5, 5.41) is 12.0. The van der Waals surface area contributed by atoms with E-state index in [1.165, 1.54) is 12.1 Å². The van der Waals surface area contributed by atoms with Crippen molar-refractivity contribution < 1.29 is 4.39 Å². The van der Waals surface area contributed by atoms with Gasteiger partial charge in [-0.25, -0.2) is 4.39 Å². The summed E-state index contributed by atoms with van der Waals surface area (Å²) in [6.07, 6.45) is 2.59. The first kappa shape index (κ1) is 13.2. The summed E-state index contributed by atoms with van der Waals surface area (Å²) in [5.74, 6) is -0.374. The third kappa shape index (κ3) is 4.16. The van der Waals surface area contributed by atoms with E-state index < -0.39 is 0 Å². The van der Waals surface area contributed by atoms with Crippen molar-refractivity contribution in [3.63, 3.8) is 0 Å². The van der Waals surface area contributed by atoms with E-state index in [0.717, 1.165) is 24.2 Å². The largest absolute Gasteiger partial charge is 0.312 e. The first-order valence-electron chi connectivity index (χ1n) is 6.08. The van der Waals surface area contributed by atoms with Crippen LogP contribution in [-0.2, 0) is 13.0 Å². The monoisotopic (exact) mass is 255 g/mol. The van der Waals surface area contributed by atoms with Crippen LogP contribution in [0.2, 0.25) is 0 Å². The van der Waals surface area contributed by atoms with Crippen molar-refractivity contribution in [1.29, 1.82) is 5.26 Å². The molecule has 3 nitrogen and oxygen atoms in total. The average molecular weight is 255 g/mol. The minimum Gasteiger partial charge on any atom is -0.312 e. The molecule has 0 saturated carbocycles. The van der Waals surface area contributed by atoms with Crippen molar-refractivity contribution >= 4 is 0 Å². The summed E-state index contributed by atoms with van der Waals surface area (Å²) in [7, 11) is 0. The predicted octanol–water partition coefficient (Wildman–Crippen LogP) is 2.42. The van der Waals surface area contributed by atoms with Crippen LogP contribution >= 0.6 is 0 Å². The molecule has 0 saturated heterocycles. The lowest BCUT2D eigenvalue weighted by molar-refractivity contribution is 0.619. The van der Waals surface area contributed by atoms with Gasteiger partial charge in [0.1, 0.15) is 5.82 Å². The summed E-state index contributed by atoms with van der Waals surface area (Å²) in [4.78, 5) is 4.22. The van der Waals surface area contributed by atoms with Crippen LogP contribution in [0.4, 0.5) is 4.39 Å². The number of benzene rings is 1. The molecule has 0 radical (unpaired) electrons. The lowest BCUT2D eigenvalue weighted by atomic mass is 10.1. The fourth-order valence-electron chi connectivity index (χ4n) is 1.81. The summed E-state index contributed by atoms with van der Waals surface area (Å²) < 4.78 is 13.2. The molecule has 1 N–H and O–H groups in total. The summed E-state index contributed by atoms with van der Waals surface area (Å²) in [6, 6.07) is 12.1. The molecule has 0 atom stereocenters. The molecule has 96 valence electrons. The molecule has 0 aliphatic carbocycles. The second kappa shape index (κ2) is 6.62. The van der Waals surface area contributed by atoms with Gasteiger partial charge in [-0.3, -0.25) is 4.98 Å². The van der Waals surface area contributed by atoms with Crippen molar-refractivity contribution in [2.45, 2.75) is 13.0 Å². The predicted molar refractivity (Wildman–Crippen MR) is 70.8 cm³/mol. The van der Waals surface area contributed by atoms with Gasteiger partial charge < -0.3 is 5.32 Å². The summed E-state index contributed by atoms with van der Waals surface area (Å²) >= 11 is 0. The lowest BCUT2D eigenvalue weighted by Gasteiger charge is -2.05. The van der Waals surface area contributed by atoms with Crippen molar-refractivity contribution in [3.05, 3.63) is 65.2 Å². The van der Waals surface area contributed by atoms with E-state index in [1.54, 1.807) is 12.3 Å². The van der Waals surface area contributed by atoms with Gasteiger partial charge in [-0.1, -0.05) is 6.07 Å². The molecule has 2 aromatic rings. The average Bonchev–Trinajstić information content (AvgIpc) is 2.44. The Morgan fingerprint density at radius 3 is 2.89 bits per heavy atom. The SMILES string of the molecule is N#Cc1cc(F)cc(CNCCc2ccccn2)c1. The molecule has 0 unspecified atom stereocenters. The molecular formula is C15H14FN3. The van der Waals surface area contributed by atoms with E-state index in [9.17, 15) is 4.39 Å². The van der Waals surface area contributed by atoms with E-state index in [4.69, 9.17) is 5.26 Å². The molecule has 2 rings (SSSR count). The van der Waals surface area contributed by atoms with Gasteiger partial charge in [0.25, 0.3) is 0 Å². The topological polar surface area (TPSA) is 48.7 Å². The number of nitrogens with zero attached hydrogens (tertiary/aromatic N) is 2. The third-order valence-corrected chi connectivity index (χ3v) is 2.70. The van der Waals surface area contributed by atoms with Crippen molar-refractivity contribution in [3.8, 4) is 6.07 Å². The smallest absolute Gasteiger partial charge is 0.124 e. The number of halogens is 1. The fourth-order valence-corrected chi connectivity index (χ4v) is 1.81. The Morgan fingerprint density at radius 2 is 2.16 bits per heavy atom. The first-order valence-corrected chi connectivity index (χ1v) is 6.08. The summed E-state index contributed by atoms with van der Waals surface area (Å²) in [5.41, 5.74) is 2.14. The van der Waals surface area contributed by atoms with Crippen molar-refractivity contribution in [2.24, 2.45) is 0 Å². The Hall–Kier alpha value is -2.25. The van der Waals surface area contributed by atoms with E-state index in [1.807, 2.05) is 24.3 Å². The quantitative estimate of drug-likeness (QED) is 0.835. The molecule has 0 fully saturated rings. The van der Waals surface area contributed by atoms with Gasteiger partial charge in [0.15, 0.2) is 0 Å². The van der Waals surface area contributed by atoms with Crippen LogP contribution in [0.3, 0.4) is 0 Å². The molecular weight excluding hydrogens is 241 g/mol. The van der Waals surface area contributed by atoms with Crippen LogP contribution in [0.5, 0.6) is 0 Å². The van der Waals surface area contributed by atoms with Crippen molar-refractivity contribution in [1.82, 2.24) is 10.3 Å². The Kier molecular flexibility index (Phi) is 4.60. The second-order valence-corrected chi connectivity index (χ2v) is 4.21. The zero-order valence-corrected chi connectivity index (χ0v) is 10.4. The van der Waals surface area contributed by atoms with Gasteiger partial charge in [-0.15, -0.1) is 0 Å². The molecule has 0 aliphatic rings. The van der Waals surface area contributed by atoms with Crippen LogP contribution < -0.4 is 5.32 Å². The lowest BCUT2D eigenvalue weighted by Crippen LogP contribution is -2.17. The number of rotatable bonds is 5. The number of hydrogen-bond acceptors (Lipinski definition) is 3. The molecule has 0 aliphatic heterocycles. The zero-order valence-electron chi connectivity index (χ0n) is 10.4. The van der Waals surface area contributed by atoms with Crippen LogP contribution in [0.15, 0.2) is 42.6 Å². The Morgan fingerprint density at radius 1 is 1.26 bits per heavy atom. The van der Waals surface area contributed by atoms with Crippen LogP contribution in [-0.4, -0.2) is 11.5 Å². The van der Waals surface area contributed by atoms with E-state index in [-0.39, 0.29) is 5.82 Å². The highest BCUT2D eigenvalue weighted by atomic mass is 19.1. The van der Waals surface area contributed by atoms with Gasteiger partial charge in [-0.2, -0.15) is 5.26 Å². The van der Waals surface area contributed by atoms with E-state index in [0.29, 0.717) is 12.1 Å². The molecule has 0 amide bonds. The maximum Gasteiger partial charge on any atom is 0.124 e. The maximum atomic E-state index is 13.2. The second-order valence-electron chi connectivity index (χ2n) is 4.21. The van der Waals surface area contributed by atoms with Gasteiger partial charge in [0, 0.05) is 31.4 Å². The molecule has 0 spiro atoms. The van der Waals surface area contributed by atoms with E-state index >= 15 is 0 Å². The standard InChI is InChI=1S/C15H14FN3/c16-14-8-12(10-17)7-13(9-14)11-18-6-4-15-3-1-2-5-19-15/h1-3,5,7-9,18H,4,6,11H2. The minimum atomic E-state index is -0.374. The van der Waals surface area contributed by atoms with Crippen LogP contribution in [0.25, 0.3) is 0 Å². The molecule has 0 bridgehead atoms. The number of aromatic nitrogens is 1. The normalized spacial score (nSPS) is 10.1. The van der Waals surface area contributed by atoms with Gasteiger partial charge in [0.05, 0.1) is 11.6 Å². The molecule has 1 aromatic carbocycles. The van der Waals surface area contributed by atoms with Gasteiger partial charge in [-0.05, 0) is 35.9 Å². The number of nitrogens with one attached hydrogen (secondary N) is 1. The number of hydrogen-bond donors (Lipinski definition) is 1. The number of pyridine rings is 1. The highest BCUT2D eigenvalue weighted by Gasteiger charge is 2.00.